The number of hydrogen-bond acceptors (Lipinski definition) is 3. The number of halogens is 1. The van der Waals surface area contributed by atoms with E-state index in [0.717, 1.165) is 36.3 Å². The standard InChI is InChI=1S/C21H25N3O2.ClH/c22-13-3-8-20(25)23-18-11-9-16(10-12-18)15-21(26)24-14-4-6-17-5-1-2-7-19(17)24;/h1-2,5,7,9-12H,3-4,6,8,13-15,22H2,(H,23,25);1H. The second-order valence-corrected chi connectivity index (χ2v) is 6.59. The summed E-state index contributed by atoms with van der Waals surface area (Å²) in [5.74, 6) is 0.0704. The maximum atomic E-state index is 12.8. The van der Waals surface area contributed by atoms with Crippen molar-refractivity contribution in [3.05, 3.63) is 59.7 Å². The lowest BCUT2D eigenvalue weighted by molar-refractivity contribution is -0.118. The number of nitrogens with zero attached hydrogens (tertiary/aromatic N) is 1. The first kappa shape index (κ1) is 20.9. The van der Waals surface area contributed by atoms with Crippen LogP contribution in [0.1, 0.15) is 30.4 Å². The van der Waals surface area contributed by atoms with E-state index in [4.69, 9.17) is 5.73 Å². The van der Waals surface area contributed by atoms with E-state index in [1.54, 1.807) is 0 Å². The van der Waals surface area contributed by atoms with Crippen molar-refractivity contribution in [3.63, 3.8) is 0 Å². The molecule has 0 radical (unpaired) electrons. The Morgan fingerprint density at radius 2 is 1.81 bits per heavy atom. The van der Waals surface area contributed by atoms with Crippen LogP contribution in [-0.2, 0) is 22.4 Å². The summed E-state index contributed by atoms with van der Waals surface area (Å²) in [7, 11) is 0. The highest BCUT2D eigenvalue weighted by atomic mass is 35.5. The second kappa shape index (κ2) is 10.1. The first-order chi connectivity index (χ1) is 12.7. The van der Waals surface area contributed by atoms with Gasteiger partial charge in [0.2, 0.25) is 11.8 Å². The fourth-order valence-corrected chi connectivity index (χ4v) is 3.25. The monoisotopic (exact) mass is 387 g/mol. The molecule has 0 saturated heterocycles. The van der Waals surface area contributed by atoms with Crippen molar-refractivity contribution in [1.29, 1.82) is 0 Å². The Bertz CT molecular complexity index is 777. The van der Waals surface area contributed by atoms with E-state index in [9.17, 15) is 9.59 Å². The van der Waals surface area contributed by atoms with Gasteiger partial charge in [0.1, 0.15) is 0 Å². The molecule has 3 N–H and O–H groups in total. The zero-order valence-corrected chi connectivity index (χ0v) is 16.1. The molecule has 6 heteroatoms. The fourth-order valence-electron chi connectivity index (χ4n) is 3.25. The van der Waals surface area contributed by atoms with E-state index < -0.39 is 0 Å². The number of nitrogens with two attached hydrogens (primary N) is 1. The van der Waals surface area contributed by atoms with Gasteiger partial charge < -0.3 is 16.0 Å². The summed E-state index contributed by atoms with van der Waals surface area (Å²) in [5, 5.41) is 2.84. The minimum atomic E-state index is -0.0378. The number of benzene rings is 2. The molecule has 2 aromatic carbocycles. The molecule has 2 aromatic rings. The topological polar surface area (TPSA) is 75.4 Å². The number of carbonyl (C=O) groups is 2. The predicted octanol–water partition coefficient (Wildman–Crippen LogP) is 3.31. The van der Waals surface area contributed by atoms with Crippen LogP contribution in [-0.4, -0.2) is 24.9 Å². The molecule has 0 bridgehead atoms. The van der Waals surface area contributed by atoms with Crippen molar-refractivity contribution >= 4 is 35.6 Å². The van der Waals surface area contributed by atoms with Crippen LogP contribution >= 0.6 is 12.4 Å². The van der Waals surface area contributed by atoms with E-state index in [1.165, 1.54) is 5.56 Å². The summed E-state index contributed by atoms with van der Waals surface area (Å²) in [6.07, 6.45) is 3.48. The number of hydrogen-bond donors (Lipinski definition) is 2. The Labute approximate surface area is 166 Å². The van der Waals surface area contributed by atoms with Gasteiger partial charge in [0, 0.05) is 24.3 Å². The molecule has 1 aliphatic heterocycles. The Kier molecular flexibility index (Phi) is 7.82. The van der Waals surface area contributed by atoms with Crippen molar-refractivity contribution in [2.24, 2.45) is 5.73 Å². The lowest BCUT2D eigenvalue weighted by atomic mass is 10.0. The van der Waals surface area contributed by atoms with Gasteiger partial charge >= 0.3 is 0 Å². The van der Waals surface area contributed by atoms with Crippen molar-refractivity contribution in [2.45, 2.75) is 32.1 Å². The zero-order chi connectivity index (χ0) is 18.4. The Hall–Kier alpha value is -2.37. The van der Waals surface area contributed by atoms with Gasteiger partial charge in [-0.3, -0.25) is 9.59 Å². The SMILES string of the molecule is Cl.NCCCC(=O)Nc1ccc(CC(=O)N2CCCc3ccccc32)cc1. The van der Waals surface area contributed by atoms with Gasteiger partial charge in [-0.25, -0.2) is 0 Å². The molecule has 0 atom stereocenters. The minimum Gasteiger partial charge on any atom is -0.330 e. The van der Waals surface area contributed by atoms with Gasteiger partial charge in [-0.15, -0.1) is 12.4 Å². The number of para-hydroxylation sites is 1. The second-order valence-electron chi connectivity index (χ2n) is 6.59. The minimum absolute atomic E-state index is 0. The molecule has 0 unspecified atom stereocenters. The quantitative estimate of drug-likeness (QED) is 0.798. The number of anilines is 2. The third-order valence-electron chi connectivity index (χ3n) is 4.61. The van der Waals surface area contributed by atoms with E-state index >= 15 is 0 Å². The number of aryl methyl sites for hydroxylation is 1. The molecule has 0 saturated carbocycles. The fraction of sp³-hybridized carbons (Fsp3) is 0.333. The maximum Gasteiger partial charge on any atom is 0.231 e. The molecular formula is C21H26ClN3O2. The molecular weight excluding hydrogens is 362 g/mol. The van der Waals surface area contributed by atoms with Gasteiger partial charge in [0.15, 0.2) is 0 Å². The lowest BCUT2D eigenvalue weighted by Crippen LogP contribution is -2.36. The summed E-state index contributed by atoms with van der Waals surface area (Å²) in [6, 6.07) is 15.6. The van der Waals surface area contributed by atoms with Crippen molar-refractivity contribution in [2.75, 3.05) is 23.3 Å². The number of carbonyl (C=O) groups excluding carboxylic acids is 2. The van der Waals surface area contributed by atoms with Crippen LogP contribution in [0.5, 0.6) is 0 Å². The zero-order valence-electron chi connectivity index (χ0n) is 15.3. The molecule has 5 nitrogen and oxygen atoms in total. The maximum absolute atomic E-state index is 12.8. The van der Waals surface area contributed by atoms with Crippen LogP contribution < -0.4 is 16.0 Å². The molecule has 0 aliphatic carbocycles. The first-order valence-corrected chi connectivity index (χ1v) is 9.14. The molecule has 144 valence electrons. The van der Waals surface area contributed by atoms with Crippen LogP contribution in [0.3, 0.4) is 0 Å². The number of rotatable bonds is 6. The van der Waals surface area contributed by atoms with Gasteiger partial charge in [0.05, 0.1) is 6.42 Å². The Morgan fingerprint density at radius 3 is 2.56 bits per heavy atom. The van der Waals surface area contributed by atoms with Gasteiger partial charge in [-0.05, 0) is 55.1 Å². The van der Waals surface area contributed by atoms with Gasteiger partial charge in [-0.2, -0.15) is 0 Å². The van der Waals surface area contributed by atoms with Gasteiger partial charge in [-0.1, -0.05) is 30.3 Å². The molecule has 0 aromatic heterocycles. The lowest BCUT2D eigenvalue weighted by Gasteiger charge is -2.29. The number of amides is 2. The highest BCUT2D eigenvalue weighted by molar-refractivity contribution is 5.96. The smallest absolute Gasteiger partial charge is 0.231 e. The normalized spacial score (nSPS) is 12.7. The highest BCUT2D eigenvalue weighted by Gasteiger charge is 2.22. The third kappa shape index (κ3) is 5.55. The largest absolute Gasteiger partial charge is 0.330 e. The average molecular weight is 388 g/mol. The summed E-state index contributed by atoms with van der Waals surface area (Å²) in [5.41, 5.74) is 9.37. The van der Waals surface area contributed by atoms with E-state index in [2.05, 4.69) is 11.4 Å². The van der Waals surface area contributed by atoms with Crippen LogP contribution in [0.15, 0.2) is 48.5 Å². The van der Waals surface area contributed by atoms with Crippen LogP contribution in [0, 0.1) is 0 Å². The summed E-state index contributed by atoms with van der Waals surface area (Å²) in [6.45, 7) is 1.28. The van der Waals surface area contributed by atoms with Gasteiger partial charge in [0.25, 0.3) is 0 Å². The molecule has 1 aliphatic rings. The van der Waals surface area contributed by atoms with Crippen molar-refractivity contribution in [3.8, 4) is 0 Å². The third-order valence-corrected chi connectivity index (χ3v) is 4.61. The van der Waals surface area contributed by atoms with E-state index in [0.29, 0.717) is 25.8 Å². The van der Waals surface area contributed by atoms with Crippen molar-refractivity contribution in [1.82, 2.24) is 0 Å². The van der Waals surface area contributed by atoms with Crippen LogP contribution in [0.4, 0.5) is 11.4 Å². The predicted molar refractivity (Wildman–Crippen MR) is 111 cm³/mol. The molecule has 2 amide bonds. The molecule has 3 rings (SSSR count). The summed E-state index contributed by atoms with van der Waals surface area (Å²) < 4.78 is 0. The average Bonchev–Trinajstić information content (AvgIpc) is 2.67. The van der Waals surface area contributed by atoms with Crippen molar-refractivity contribution < 1.29 is 9.59 Å². The van der Waals surface area contributed by atoms with E-state index in [1.807, 2.05) is 47.4 Å². The Balaban J connectivity index is 0.00000261. The first-order valence-electron chi connectivity index (χ1n) is 9.14. The molecule has 1 heterocycles. The Morgan fingerprint density at radius 1 is 1.07 bits per heavy atom. The number of nitrogens with one attached hydrogen (secondary N) is 1. The number of fused-ring (bicyclic) bond motifs is 1. The summed E-state index contributed by atoms with van der Waals surface area (Å²) >= 11 is 0. The summed E-state index contributed by atoms with van der Waals surface area (Å²) in [4.78, 5) is 26.4. The molecule has 0 spiro atoms. The highest BCUT2D eigenvalue weighted by Crippen LogP contribution is 2.27. The van der Waals surface area contributed by atoms with Crippen LogP contribution in [0.2, 0.25) is 0 Å². The molecule has 27 heavy (non-hydrogen) atoms. The molecule has 0 fully saturated rings. The van der Waals surface area contributed by atoms with Crippen LogP contribution in [0.25, 0.3) is 0 Å². The van der Waals surface area contributed by atoms with E-state index in [-0.39, 0.29) is 24.2 Å².